The second-order valence-electron chi connectivity index (χ2n) is 5.71. The maximum absolute atomic E-state index is 13.7. The lowest BCUT2D eigenvalue weighted by molar-refractivity contribution is -0.145. The standard InChI is InChI=1S/C15H19F2NO2S/c1-9(2)18-15(14(19)20,10-3-4-10)8-21-13-6-5-11(16)7-12(13)17/h5-7,9-10,18H,3-4,8H2,1-2H3,(H,19,20). The van der Waals surface area contributed by atoms with Crippen molar-refractivity contribution >= 4 is 17.7 Å². The summed E-state index contributed by atoms with van der Waals surface area (Å²) in [5, 5.41) is 12.8. The molecule has 1 aliphatic carbocycles. The molecule has 1 fully saturated rings. The lowest BCUT2D eigenvalue weighted by Crippen LogP contribution is -2.58. The minimum atomic E-state index is -1.06. The fraction of sp³-hybridized carbons (Fsp3) is 0.533. The normalized spacial score (nSPS) is 17.8. The van der Waals surface area contributed by atoms with Crippen LogP contribution in [0.4, 0.5) is 8.78 Å². The average molecular weight is 315 g/mol. The average Bonchev–Trinajstić information content (AvgIpc) is 3.19. The Bertz CT molecular complexity index is 534. The topological polar surface area (TPSA) is 49.3 Å². The molecule has 21 heavy (non-hydrogen) atoms. The fourth-order valence-corrected chi connectivity index (χ4v) is 3.64. The smallest absolute Gasteiger partial charge is 0.325 e. The van der Waals surface area contributed by atoms with E-state index >= 15 is 0 Å². The first kappa shape index (κ1) is 16.2. The Labute approximate surface area is 127 Å². The van der Waals surface area contributed by atoms with Crippen LogP contribution in [0.2, 0.25) is 0 Å². The van der Waals surface area contributed by atoms with E-state index < -0.39 is 23.1 Å². The molecule has 1 atom stereocenters. The summed E-state index contributed by atoms with van der Waals surface area (Å²) >= 11 is 1.12. The van der Waals surface area contributed by atoms with E-state index in [1.165, 1.54) is 12.1 Å². The van der Waals surface area contributed by atoms with Gasteiger partial charge in [-0.25, -0.2) is 8.78 Å². The molecule has 0 amide bonds. The van der Waals surface area contributed by atoms with Crippen molar-refractivity contribution in [1.82, 2.24) is 5.32 Å². The van der Waals surface area contributed by atoms with E-state index in [2.05, 4.69) is 5.32 Å². The van der Waals surface area contributed by atoms with Gasteiger partial charge in [0.15, 0.2) is 0 Å². The Morgan fingerprint density at radius 3 is 2.62 bits per heavy atom. The van der Waals surface area contributed by atoms with Gasteiger partial charge in [0, 0.05) is 22.8 Å². The molecule has 0 radical (unpaired) electrons. The molecule has 6 heteroatoms. The first-order chi connectivity index (χ1) is 9.85. The van der Waals surface area contributed by atoms with Crippen molar-refractivity contribution in [3.63, 3.8) is 0 Å². The number of carbonyl (C=O) groups is 1. The molecule has 0 aromatic heterocycles. The zero-order valence-electron chi connectivity index (χ0n) is 12.0. The first-order valence-electron chi connectivity index (χ1n) is 6.94. The van der Waals surface area contributed by atoms with Crippen LogP contribution in [0.25, 0.3) is 0 Å². The van der Waals surface area contributed by atoms with Gasteiger partial charge in [0.1, 0.15) is 17.2 Å². The molecule has 0 saturated heterocycles. The second-order valence-corrected chi connectivity index (χ2v) is 6.73. The van der Waals surface area contributed by atoms with E-state index in [4.69, 9.17) is 0 Å². The van der Waals surface area contributed by atoms with E-state index in [0.717, 1.165) is 30.7 Å². The van der Waals surface area contributed by atoms with Crippen LogP contribution in [0, 0.1) is 17.6 Å². The van der Waals surface area contributed by atoms with Crippen molar-refractivity contribution < 1.29 is 18.7 Å². The highest BCUT2D eigenvalue weighted by Gasteiger charge is 2.51. The number of benzene rings is 1. The predicted molar refractivity (Wildman–Crippen MR) is 78.4 cm³/mol. The van der Waals surface area contributed by atoms with Crippen LogP contribution in [-0.4, -0.2) is 28.4 Å². The number of carboxylic acids is 1. The van der Waals surface area contributed by atoms with Crippen molar-refractivity contribution in [3.8, 4) is 0 Å². The van der Waals surface area contributed by atoms with Crippen molar-refractivity contribution in [2.24, 2.45) is 5.92 Å². The molecule has 3 nitrogen and oxygen atoms in total. The Morgan fingerprint density at radius 1 is 1.48 bits per heavy atom. The number of hydrogen-bond acceptors (Lipinski definition) is 3. The minimum absolute atomic E-state index is 0.0142. The predicted octanol–water partition coefficient (Wildman–Crippen LogP) is 3.29. The van der Waals surface area contributed by atoms with E-state index in [9.17, 15) is 18.7 Å². The summed E-state index contributed by atoms with van der Waals surface area (Å²) in [6.07, 6.45) is 1.72. The van der Waals surface area contributed by atoms with Gasteiger partial charge < -0.3 is 5.11 Å². The molecule has 0 bridgehead atoms. The summed E-state index contributed by atoms with van der Waals surface area (Å²) in [5.41, 5.74) is -1.06. The van der Waals surface area contributed by atoms with Crippen molar-refractivity contribution in [1.29, 1.82) is 0 Å². The Morgan fingerprint density at radius 2 is 2.14 bits per heavy atom. The molecule has 2 rings (SSSR count). The highest BCUT2D eigenvalue weighted by Crippen LogP contribution is 2.43. The van der Waals surface area contributed by atoms with Gasteiger partial charge in [0.25, 0.3) is 0 Å². The van der Waals surface area contributed by atoms with Crippen LogP contribution in [0.15, 0.2) is 23.1 Å². The van der Waals surface area contributed by atoms with Crippen LogP contribution in [-0.2, 0) is 4.79 Å². The third-order valence-corrected chi connectivity index (χ3v) is 4.79. The van der Waals surface area contributed by atoms with Crippen LogP contribution < -0.4 is 5.32 Å². The Hall–Kier alpha value is -1.14. The molecule has 1 unspecified atom stereocenters. The monoisotopic (exact) mass is 315 g/mol. The zero-order chi connectivity index (χ0) is 15.6. The highest BCUT2D eigenvalue weighted by atomic mass is 32.2. The largest absolute Gasteiger partial charge is 0.480 e. The molecule has 1 aromatic carbocycles. The van der Waals surface area contributed by atoms with E-state index in [1.54, 1.807) is 0 Å². The molecular formula is C15H19F2NO2S. The van der Waals surface area contributed by atoms with Gasteiger partial charge in [-0.15, -0.1) is 11.8 Å². The number of nitrogens with one attached hydrogen (secondary N) is 1. The van der Waals surface area contributed by atoms with Crippen molar-refractivity contribution in [2.75, 3.05) is 5.75 Å². The Balaban J connectivity index is 2.17. The van der Waals surface area contributed by atoms with Gasteiger partial charge in [-0.05, 0) is 44.7 Å². The van der Waals surface area contributed by atoms with Gasteiger partial charge in [-0.2, -0.15) is 0 Å². The van der Waals surface area contributed by atoms with E-state index in [0.29, 0.717) is 0 Å². The molecule has 116 valence electrons. The molecular weight excluding hydrogens is 296 g/mol. The van der Waals surface area contributed by atoms with Crippen molar-refractivity contribution in [3.05, 3.63) is 29.8 Å². The van der Waals surface area contributed by atoms with Crippen molar-refractivity contribution in [2.45, 2.75) is 43.2 Å². The van der Waals surface area contributed by atoms with Crippen LogP contribution >= 0.6 is 11.8 Å². The lowest BCUT2D eigenvalue weighted by atomic mass is 9.94. The highest BCUT2D eigenvalue weighted by molar-refractivity contribution is 7.99. The van der Waals surface area contributed by atoms with Gasteiger partial charge in [-0.1, -0.05) is 0 Å². The number of aliphatic carboxylic acids is 1. The van der Waals surface area contributed by atoms with Gasteiger partial charge in [-0.3, -0.25) is 10.1 Å². The molecule has 0 heterocycles. The number of halogens is 2. The minimum Gasteiger partial charge on any atom is -0.480 e. The number of thioether (sulfide) groups is 1. The third kappa shape index (κ3) is 3.74. The number of carboxylic acid groups (broad SMARTS) is 1. The number of rotatable bonds is 7. The summed E-state index contributed by atoms with van der Waals surface area (Å²) in [5.74, 6) is -1.92. The Kier molecular flexibility index (Phi) is 4.88. The summed E-state index contributed by atoms with van der Waals surface area (Å²) in [6, 6.07) is 3.36. The van der Waals surface area contributed by atoms with Crippen LogP contribution in [0.1, 0.15) is 26.7 Å². The molecule has 2 N–H and O–H groups in total. The maximum Gasteiger partial charge on any atom is 0.325 e. The summed E-state index contributed by atoms with van der Waals surface area (Å²) in [6.45, 7) is 3.78. The number of hydrogen-bond donors (Lipinski definition) is 2. The molecule has 1 aliphatic rings. The summed E-state index contributed by atoms with van der Waals surface area (Å²) < 4.78 is 26.6. The third-order valence-electron chi connectivity index (χ3n) is 3.55. The molecule has 1 aromatic rings. The second kappa shape index (κ2) is 6.32. The summed E-state index contributed by atoms with van der Waals surface area (Å²) in [4.78, 5) is 12.0. The zero-order valence-corrected chi connectivity index (χ0v) is 12.8. The molecule has 1 saturated carbocycles. The van der Waals surface area contributed by atoms with E-state index in [-0.39, 0.29) is 22.6 Å². The van der Waals surface area contributed by atoms with Crippen LogP contribution in [0.5, 0.6) is 0 Å². The molecule has 0 aliphatic heterocycles. The summed E-state index contributed by atoms with van der Waals surface area (Å²) in [7, 11) is 0. The first-order valence-corrected chi connectivity index (χ1v) is 7.92. The van der Waals surface area contributed by atoms with Gasteiger partial charge in [0.2, 0.25) is 0 Å². The quantitative estimate of drug-likeness (QED) is 0.758. The van der Waals surface area contributed by atoms with Gasteiger partial charge >= 0.3 is 5.97 Å². The lowest BCUT2D eigenvalue weighted by Gasteiger charge is -2.32. The van der Waals surface area contributed by atoms with Gasteiger partial charge in [0.05, 0.1) is 0 Å². The molecule has 0 spiro atoms. The van der Waals surface area contributed by atoms with Crippen LogP contribution in [0.3, 0.4) is 0 Å². The maximum atomic E-state index is 13.7. The SMILES string of the molecule is CC(C)NC(CSc1ccc(F)cc1F)(C(=O)O)C1CC1. The fourth-order valence-electron chi connectivity index (χ4n) is 2.45. The van der Waals surface area contributed by atoms with E-state index in [1.807, 2.05) is 13.8 Å².